The molecule has 17 heavy (non-hydrogen) atoms. The minimum Gasteiger partial charge on any atom is -0.348 e. The zero-order valence-electron chi connectivity index (χ0n) is 10.2. The van der Waals surface area contributed by atoms with Gasteiger partial charge < -0.3 is 11.1 Å². The Morgan fingerprint density at radius 1 is 1.41 bits per heavy atom. The fourth-order valence-corrected chi connectivity index (χ4v) is 1.60. The number of amides is 1. The number of hydrogen-bond donors (Lipinski definition) is 2. The molecular formula is C13H19FN2O. The summed E-state index contributed by atoms with van der Waals surface area (Å²) >= 11 is 0. The number of hydrogen-bond acceptors (Lipinski definition) is 2. The predicted octanol–water partition coefficient (Wildman–Crippen LogP) is 2.13. The molecule has 0 saturated carbocycles. The van der Waals surface area contributed by atoms with Gasteiger partial charge in [0.2, 0.25) is 5.91 Å². The average Bonchev–Trinajstić information content (AvgIpc) is 2.30. The van der Waals surface area contributed by atoms with Crippen molar-refractivity contribution >= 4 is 5.91 Å². The van der Waals surface area contributed by atoms with E-state index in [2.05, 4.69) is 5.32 Å². The van der Waals surface area contributed by atoms with Gasteiger partial charge in [0.15, 0.2) is 0 Å². The summed E-state index contributed by atoms with van der Waals surface area (Å²) in [4.78, 5) is 11.7. The topological polar surface area (TPSA) is 55.1 Å². The lowest BCUT2D eigenvalue weighted by Crippen LogP contribution is -2.41. The quantitative estimate of drug-likeness (QED) is 0.825. The third-order valence-electron chi connectivity index (χ3n) is 2.67. The number of nitrogens with one attached hydrogen (secondary N) is 1. The number of carbonyl (C=O) groups excluding carboxylic acids is 1. The highest BCUT2D eigenvalue weighted by Crippen LogP contribution is 2.13. The second kappa shape index (κ2) is 6.35. The molecule has 3 nitrogen and oxygen atoms in total. The number of nitrogens with two attached hydrogens (primary N) is 1. The van der Waals surface area contributed by atoms with E-state index in [1.807, 2.05) is 13.8 Å². The van der Waals surface area contributed by atoms with E-state index < -0.39 is 6.04 Å². The summed E-state index contributed by atoms with van der Waals surface area (Å²) in [5, 5.41) is 2.81. The summed E-state index contributed by atoms with van der Waals surface area (Å²) in [7, 11) is 0. The molecule has 2 atom stereocenters. The van der Waals surface area contributed by atoms with Crippen LogP contribution in [0.2, 0.25) is 0 Å². The fraction of sp³-hybridized carbons (Fsp3) is 0.462. The molecule has 0 aliphatic heterocycles. The molecule has 0 unspecified atom stereocenters. The van der Waals surface area contributed by atoms with Gasteiger partial charge in [-0.1, -0.05) is 25.5 Å². The molecule has 0 aliphatic rings. The van der Waals surface area contributed by atoms with Gasteiger partial charge in [0, 0.05) is 0 Å². The lowest BCUT2D eigenvalue weighted by Gasteiger charge is -2.17. The maximum absolute atomic E-state index is 12.7. The van der Waals surface area contributed by atoms with Crippen molar-refractivity contribution in [2.24, 2.45) is 5.73 Å². The molecule has 0 spiro atoms. The maximum Gasteiger partial charge on any atom is 0.237 e. The molecule has 0 saturated heterocycles. The molecule has 0 fully saturated rings. The summed E-state index contributed by atoms with van der Waals surface area (Å²) in [6, 6.07) is 5.44. The van der Waals surface area contributed by atoms with Crippen LogP contribution in [0, 0.1) is 5.82 Å². The molecule has 1 rings (SSSR count). The molecule has 0 heterocycles. The molecular weight excluding hydrogens is 219 g/mol. The Morgan fingerprint density at radius 2 is 2.00 bits per heavy atom. The van der Waals surface area contributed by atoms with Gasteiger partial charge in [-0.3, -0.25) is 4.79 Å². The average molecular weight is 238 g/mol. The van der Waals surface area contributed by atoms with Gasteiger partial charge in [-0.2, -0.15) is 0 Å². The summed E-state index contributed by atoms with van der Waals surface area (Å²) in [6.45, 7) is 3.83. The molecule has 4 heteroatoms. The third-order valence-corrected chi connectivity index (χ3v) is 2.67. The maximum atomic E-state index is 12.7. The largest absolute Gasteiger partial charge is 0.348 e. The molecule has 1 aromatic carbocycles. The molecule has 3 N–H and O–H groups in total. The normalized spacial score (nSPS) is 14.1. The first-order valence-corrected chi connectivity index (χ1v) is 5.86. The SMILES string of the molecule is CCC[C@H](N)C(=O)N[C@@H](C)c1ccc(F)cc1. The van der Waals surface area contributed by atoms with Crippen LogP contribution in [0.3, 0.4) is 0 Å². The Hall–Kier alpha value is -1.42. The van der Waals surface area contributed by atoms with Crippen LogP contribution in [-0.2, 0) is 4.79 Å². The summed E-state index contributed by atoms with van der Waals surface area (Å²) in [5.74, 6) is -0.446. The zero-order valence-corrected chi connectivity index (χ0v) is 10.2. The first-order chi connectivity index (χ1) is 8.04. The lowest BCUT2D eigenvalue weighted by atomic mass is 10.1. The van der Waals surface area contributed by atoms with Gasteiger partial charge >= 0.3 is 0 Å². The van der Waals surface area contributed by atoms with Crippen molar-refractivity contribution in [2.45, 2.75) is 38.8 Å². The Balaban J connectivity index is 2.57. The first-order valence-electron chi connectivity index (χ1n) is 5.86. The van der Waals surface area contributed by atoms with Crippen LogP contribution < -0.4 is 11.1 Å². The number of rotatable bonds is 5. The molecule has 1 aromatic rings. The molecule has 0 bridgehead atoms. The molecule has 94 valence electrons. The number of halogens is 1. The van der Waals surface area contributed by atoms with Gasteiger partial charge in [0.25, 0.3) is 0 Å². The smallest absolute Gasteiger partial charge is 0.237 e. The molecule has 0 radical (unpaired) electrons. The monoisotopic (exact) mass is 238 g/mol. The van der Waals surface area contributed by atoms with Crippen molar-refractivity contribution in [3.05, 3.63) is 35.6 Å². The van der Waals surface area contributed by atoms with Gasteiger partial charge in [-0.15, -0.1) is 0 Å². The Kier molecular flexibility index (Phi) is 5.10. The van der Waals surface area contributed by atoms with Crippen molar-refractivity contribution < 1.29 is 9.18 Å². The number of carbonyl (C=O) groups is 1. The zero-order chi connectivity index (χ0) is 12.8. The molecule has 0 aliphatic carbocycles. The van der Waals surface area contributed by atoms with Gasteiger partial charge in [0.1, 0.15) is 5.82 Å². The van der Waals surface area contributed by atoms with E-state index in [-0.39, 0.29) is 17.8 Å². The Morgan fingerprint density at radius 3 is 2.53 bits per heavy atom. The highest BCUT2D eigenvalue weighted by atomic mass is 19.1. The molecule has 1 amide bonds. The minimum atomic E-state index is -0.470. The summed E-state index contributed by atoms with van der Waals surface area (Å²) in [5.41, 5.74) is 6.57. The fourth-order valence-electron chi connectivity index (χ4n) is 1.60. The van der Waals surface area contributed by atoms with Crippen LogP contribution >= 0.6 is 0 Å². The number of benzene rings is 1. The highest BCUT2D eigenvalue weighted by Gasteiger charge is 2.15. The van der Waals surface area contributed by atoms with Gasteiger partial charge in [0.05, 0.1) is 12.1 Å². The van der Waals surface area contributed by atoms with E-state index >= 15 is 0 Å². The first kappa shape index (κ1) is 13.6. The lowest BCUT2D eigenvalue weighted by molar-refractivity contribution is -0.123. The van der Waals surface area contributed by atoms with Crippen molar-refractivity contribution in [1.82, 2.24) is 5.32 Å². The van der Waals surface area contributed by atoms with Crippen molar-refractivity contribution in [1.29, 1.82) is 0 Å². The van der Waals surface area contributed by atoms with E-state index in [1.54, 1.807) is 12.1 Å². The summed E-state index contributed by atoms with van der Waals surface area (Å²) in [6.07, 6.45) is 1.54. The van der Waals surface area contributed by atoms with Crippen LogP contribution in [0.4, 0.5) is 4.39 Å². The second-order valence-corrected chi connectivity index (χ2v) is 4.18. The second-order valence-electron chi connectivity index (χ2n) is 4.18. The van der Waals surface area contributed by atoms with Crippen LogP contribution in [0.5, 0.6) is 0 Å². The van der Waals surface area contributed by atoms with E-state index in [0.717, 1.165) is 12.0 Å². The molecule has 0 aromatic heterocycles. The van der Waals surface area contributed by atoms with Gasteiger partial charge in [-0.25, -0.2) is 4.39 Å². The van der Waals surface area contributed by atoms with Crippen LogP contribution in [0.15, 0.2) is 24.3 Å². The van der Waals surface area contributed by atoms with Crippen LogP contribution in [-0.4, -0.2) is 11.9 Å². The van der Waals surface area contributed by atoms with Crippen LogP contribution in [0.1, 0.15) is 38.3 Å². The Bertz CT molecular complexity index is 364. The van der Waals surface area contributed by atoms with E-state index in [0.29, 0.717) is 6.42 Å². The van der Waals surface area contributed by atoms with Gasteiger partial charge in [-0.05, 0) is 31.0 Å². The van der Waals surface area contributed by atoms with Crippen molar-refractivity contribution in [3.8, 4) is 0 Å². The van der Waals surface area contributed by atoms with Crippen molar-refractivity contribution in [2.75, 3.05) is 0 Å². The highest BCUT2D eigenvalue weighted by molar-refractivity contribution is 5.81. The minimum absolute atomic E-state index is 0.161. The predicted molar refractivity (Wildman–Crippen MR) is 65.8 cm³/mol. The van der Waals surface area contributed by atoms with E-state index in [9.17, 15) is 9.18 Å². The van der Waals surface area contributed by atoms with E-state index in [4.69, 9.17) is 5.73 Å². The van der Waals surface area contributed by atoms with Crippen molar-refractivity contribution in [3.63, 3.8) is 0 Å². The standard InChI is InChI=1S/C13H19FN2O/c1-3-4-12(15)13(17)16-9(2)10-5-7-11(14)8-6-10/h5-9,12H,3-4,15H2,1-2H3,(H,16,17)/t9-,12-/m0/s1. The van der Waals surface area contributed by atoms with Crippen LogP contribution in [0.25, 0.3) is 0 Å². The van der Waals surface area contributed by atoms with E-state index in [1.165, 1.54) is 12.1 Å². The third kappa shape index (κ3) is 4.15. The summed E-state index contributed by atoms with van der Waals surface area (Å²) < 4.78 is 12.7. The Labute approximate surface area is 101 Å².